The van der Waals surface area contributed by atoms with E-state index in [9.17, 15) is 4.79 Å². The predicted molar refractivity (Wildman–Crippen MR) is 54.2 cm³/mol. The highest BCUT2D eigenvalue weighted by molar-refractivity contribution is 5.75. The summed E-state index contributed by atoms with van der Waals surface area (Å²) < 4.78 is 15.1. The molecule has 0 bridgehead atoms. The Balaban J connectivity index is 3.00. The molecule has 0 spiro atoms. The number of hydrogen-bond acceptors (Lipinski definition) is 5. The number of ether oxygens (including phenoxy) is 3. The average Bonchev–Trinajstić information content (AvgIpc) is 2.28. The van der Waals surface area contributed by atoms with Crippen LogP contribution < -0.4 is 19.9 Å². The maximum absolute atomic E-state index is 11.0. The highest BCUT2D eigenvalue weighted by Gasteiger charge is 2.12. The van der Waals surface area contributed by atoms with Crippen LogP contribution >= 0.6 is 0 Å². The molecule has 0 aliphatic rings. The van der Waals surface area contributed by atoms with Crippen molar-refractivity contribution in [2.24, 2.45) is 5.73 Å². The lowest BCUT2D eigenvalue weighted by Gasteiger charge is -2.11. The third-order valence-corrected chi connectivity index (χ3v) is 1.76. The van der Waals surface area contributed by atoms with Crippen LogP contribution in [0.3, 0.4) is 0 Å². The summed E-state index contributed by atoms with van der Waals surface area (Å²) in [5.41, 5.74) is 5.14. The third kappa shape index (κ3) is 2.60. The fraction of sp³-hybridized carbons (Fsp3) is 0.300. The van der Waals surface area contributed by atoms with Crippen molar-refractivity contribution in [1.82, 2.24) is 0 Å². The van der Waals surface area contributed by atoms with Gasteiger partial charge in [0.2, 0.25) is 5.75 Å². The van der Waals surface area contributed by atoms with E-state index in [2.05, 4.69) is 0 Å². The number of carbonyl (C=O) groups is 1. The summed E-state index contributed by atoms with van der Waals surface area (Å²) in [6, 6.07) is 5.01. The molecule has 2 N–H and O–H groups in total. The molecule has 0 aliphatic heterocycles. The van der Waals surface area contributed by atoms with Gasteiger partial charge in [-0.25, -0.2) is 0 Å². The molecule has 1 aromatic carbocycles. The van der Waals surface area contributed by atoms with Gasteiger partial charge in [0.25, 0.3) is 0 Å². The molecule has 0 aromatic heterocycles. The smallest absolute Gasteiger partial charge is 0.325 e. The minimum atomic E-state index is -0.526. The molecule has 0 heterocycles. The number of rotatable bonds is 4. The van der Waals surface area contributed by atoms with Crippen LogP contribution in [0.4, 0.5) is 0 Å². The van der Waals surface area contributed by atoms with E-state index in [4.69, 9.17) is 19.9 Å². The van der Waals surface area contributed by atoms with Crippen molar-refractivity contribution >= 4 is 5.97 Å². The van der Waals surface area contributed by atoms with Gasteiger partial charge in [-0.1, -0.05) is 6.07 Å². The molecule has 0 saturated carbocycles. The summed E-state index contributed by atoms with van der Waals surface area (Å²) in [6.45, 7) is -0.180. The van der Waals surface area contributed by atoms with Crippen molar-refractivity contribution in [2.45, 2.75) is 0 Å². The van der Waals surface area contributed by atoms with Gasteiger partial charge in [0.1, 0.15) is 0 Å². The van der Waals surface area contributed by atoms with Crippen LogP contribution in [-0.2, 0) is 4.79 Å². The molecule has 0 aliphatic carbocycles. The molecule has 0 atom stereocenters. The normalized spacial score (nSPS) is 9.53. The van der Waals surface area contributed by atoms with Crippen molar-refractivity contribution in [2.75, 3.05) is 20.8 Å². The second-order valence-electron chi connectivity index (χ2n) is 2.67. The molecule has 5 nitrogen and oxygen atoms in total. The van der Waals surface area contributed by atoms with Gasteiger partial charge < -0.3 is 19.9 Å². The third-order valence-electron chi connectivity index (χ3n) is 1.76. The van der Waals surface area contributed by atoms with Crippen LogP contribution in [0.15, 0.2) is 18.2 Å². The van der Waals surface area contributed by atoms with Gasteiger partial charge in [0, 0.05) is 0 Å². The summed E-state index contributed by atoms with van der Waals surface area (Å²) in [7, 11) is 2.98. The number of esters is 1. The Labute approximate surface area is 87.7 Å². The molecular formula is C10H13NO4. The van der Waals surface area contributed by atoms with E-state index in [0.717, 1.165) is 0 Å². The topological polar surface area (TPSA) is 70.8 Å². The largest absolute Gasteiger partial charge is 0.493 e. The minimum Gasteiger partial charge on any atom is -0.493 e. The van der Waals surface area contributed by atoms with Crippen LogP contribution in [0.1, 0.15) is 0 Å². The fourth-order valence-corrected chi connectivity index (χ4v) is 1.10. The van der Waals surface area contributed by atoms with E-state index < -0.39 is 5.97 Å². The van der Waals surface area contributed by atoms with Gasteiger partial charge in [-0.2, -0.15) is 0 Å². The molecular weight excluding hydrogens is 198 g/mol. The molecule has 1 rings (SSSR count). The number of para-hydroxylation sites is 1. The van der Waals surface area contributed by atoms with Gasteiger partial charge in [0.15, 0.2) is 11.5 Å². The van der Waals surface area contributed by atoms with E-state index in [0.29, 0.717) is 17.2 Å². The predicted octanol–water partition coefficient (Wildman–Crippen LogP) is 0.568. The highest BCUT2D eigenvalue weighted by atomic mass is 16.6. The SMILES string of the molecule is COc1cccc(OC(=O)CN)c1OC. The van der Waals surface area contributed by atoms with Crippen LogP contribution in [0.5, 0.6) is 17.2 Å². The first-order valence-corrected chi connectivity index (χ1v) is 4.34. The van der Waals surface area contributed by atoms with E-state index in [-0.39, 0.29) is 6.54 Å². The van der Waals surface area contributed by atoms with Gasteiger partial charge in [-0.15, -0.1) is 0 Å². The van der Waals surface area contributed by atoms with Crippen molar-refractivity contribution in [3.8, 4) is 17.2 Å². The van der Waals surface area contributed by atoms with Crippen molar-refractivity contribution in [1.29, 1.82) is 0 Å². The molecule has 5 heteroatoms. The lowest BCUT2D eigenvalue weighted by atomic mass is 10.3. The first-order valence-electron chi connectivity index (χ1n) is 4.34. The van der Waals surface area contributed by atoms with Gasteiger partial charge >= 0.3 is 5.97 Å². The number of nitrogens with two attached hydrogens (primary N) is 1. The minimum absolute atomic E-state index is 0.180. The molecule has 1 aromatic rings. The standard InChI is InChI=1S/C10H13NO4/c1-13-7-4-3-5-8(10(7)14-2)15-9(12)6-11/h3-5H,6,11H2,1-2H3. The number of carbonyl (C=O) groups excluding carboxylic acids is 1. The summed E-state index contributed by atoms with van der Waals surface area (Å²) in [6.07, 6.45) is 0. The molecule has 0 amide bonds. The van der Waals surface area contributed by atoms with E-state index in [1.807, 2.05) is 0 Å². The van der Waals surface area contributed by atoms with Crippen molar-refractivity contribution in [3.05, 3.63) is 18.2 Å². The number of hydrogen-bond donors (Lipinski definition) is 1. The maximum atomic E-state index is 11.0. The molecule has 0 saturated heterocycles. The lowest BCUT2D eigenvalue weighted by Crippen LogP contribution is -2.19. The molecule has 0 radical (unpaired) electrons. The van der Waals surface area contributed by atoms with Crippen LogP contribution in [0.2, 0.25) is 0 Å². The Morgan fingerprint density at radius 3 is 2.47 bits per heavy atom. The summed E-state index contributed by atoms with van der Waals surface area (Å²) >= 11 is 0. The summed E-state index contributed by atoms with van der Waals surface area (Å²) in [4.78, 5) is 11.0. The molecule has 0 unspecified atom stereocenters. The first kappa shape index (κ1) is 11.3. The quantitative estimate of drug-likeness (QED) is 0.582. The van der Waals surface area contributed by atoms with Crippen LogP contribution in [0.25, 0.3) is 0 Å². The Kier molecular flexibility index (Phi) is 3.93. The summed E-state index contributed by atoms with van der Waals surface area (Å²) in [5.74, 6) is 0.649. The zero-order valence-corrected chi connectivity index (χ0v) is 8.65. The van der Waals surface area contributed by atoms with Gasteiger partial charge in [0.05, 0.1) is 20.8 Å². The van der Waals surface area contributed by atoms with Crippen molar-refractivity contribution < 1.29 is 19.0 Å². The number of methoxy groups -OCH3 is 2. The van der Waals surface area contributed by atoms with Crippen LogP contribution in [-0.4, -0.2) is 26.7 Å². The Bertz CT molecular complexity index is 351. The van der Waals surface area contributed by atoms with E-state index in [1.165, 1.54) is 14.2 Å². The van der Waals surface area contributed by atoms with Crippen molar-refractivity contribution in [3.63, 3.8) is 0 Å². The summed E-state index contributed by atoms with van der Waals surface area (Å²) in [5, 5.41) is 0. The number of benzene rings is 1. The fourth-order valence-electron chi connectivity index (χ4n) is 1.10. The Morgan fingerprint density at radius 2 is 1.93 bits per heavy atom. The zero-order chi connectivity index (χ0) is 11.3. The van der Waals surface area contributed by atoms with Gasteiger partial charge in [-0.05, 0) is 12.1 Å². The van der Waals surface area contributed by atoms with Crippen LogP contribution in [0, 0.1) is 0 Å². The Morgan fingerprint density at radius 1 is 1.27 bits per heavy atom. The second-order valence-corrected chi connectivity index (χ2v) is 2.67. The average molecular weight is 211 g/mol. The first-order chi connectivity index (χ1) is 7.22. The maximum Gasteiger partial charge on any atom is 0.325 e. The van der Waals surface area contributed by atoms with E-state index in [1.54, 1.807) is 18.2 Å². The molecule has 0 fully saturated rings. The second kappa shape index (κ2) is 5.21. The Hall–Kier alpha value is -1.75. The lowest BCUT2D eigenvalue weighted by molar-refractivity contribution is -0.132. The van der Waals surface area contributed by atoms with E-state index >= 15 is 0 Å². The molecule has 15 heavy (non-hydrogen) atoms. The zero-order valence-electron chi connectivity index (χ0n) is 8.65. The highest BCUT2D eigenvalue weighted by Crippen LogP contribution is 2.36. The molecule has 82 valence electrons. The van der Waals surface area contributed by atoms with Gasteiger partial charge in [-0.3, -0.25) is 4.79 Å². The monoisotopic (exact) mass is 211 g/mol.